The van der Waals surface area contributed by atoms with Gasteiger partial charge >= 0.3 is 5.97 Å². The van der Waals surface area contributed by atoms with E-state index < -0.39 is 5.97 Å². The minimum absolute atomic E-state index is 0.0396. The average Bonchev–Trinajstić information content (AvgIpc) is 2.31. The van der Waals surface area contributed by atoms with E-state index in [-0.39, 0.29) is 12.2 Å². The fraction of sp³-hybridized carbons (Fsp3) is 0.429. The standard InChI is InChI=1S/C14H17NO3/c16-13-6-3-7-15(10-13)9-12-5-2-1-4-11(12)8-14(17)18/h1-2,4-5H,3,6-10H2,(H,17,18). The highest BCUT2D eigenvalue weighted by molar-refractivity contribution is 5.81. The predicted octanol–water partition coefficient (Wildman–Crippen LogP) is 1.48. The predicted molar refractivity (Wildman–Crippen MR) is 67.3 cm³/mol. The largest absolute Gasteiger partial charge is 0.481 e. The molecule has 1 N–H and O–H groups in total. The molecule has 0 spiro atoms. The van der Waals surface area contributed by atoms with Crippen molar-refractivity contribution >= 4 is 11.8 Å². The number of carboxylic acid groups (broad SMARTS) is 1. The summed E-state index contributed by atoms with van der Waals surface area (Å²) in [4.78, 5) is 24.3. The lowest BCUT2D eigenvalue weighted by Gasteiger charge is -2.26. The highest BCUT2D eigenvalue weighted by Gasteiger charge is 2.18. The van der Waals surface area contributed by atoms with Crippen molar-refractivity contribution in [1.29, 1.82) is 0 Å². The SMILES string of the molecule is O=C(O)Cc1ccccc1CN1CCCC(=O)C1. The van der Waals surface area contributed by atoms with Crippen LogP contribution < -0.4 is 0 Å². The van der Waals surface area contributed by atoms with Gasteiger partial charge in [-0.05, 0) is 24.1 Å². The Morgan fingerprint density at radius 1 is 1.28 bits per heavy atom. The van der Waals surface area contributed by atoms with Crippen LogP contribution in [0.3, 0.4) is 0 Å². The van der Waals surface area contributed by atoms with Gasteiger partial charge in [-0.25, -0.2) is 0 Å². The summed E-state index contributed by atoms with van der Waals surface area (Å²) < 4.78 is 0. The second-order valence-corrected chi connectivity index (χ2v) is 4.69. The summed E-state index contributed by atoms with van der Waals surface area (Å²) in [7, 11) is 0. The van der Waals surface area contributed by atoms with Gasteiger partial charge in [0.05, 0.1) is 13.0 Å². The first kappa shape index (κ1) is 12.8. The summed E-state index contributed by atoms with van der Waals surface area (Å²) in [5.41, 5.74) is 1.85. The van der Waals surface area contributed by atoms with Crippen LogP contribution in [-0.2, 0) is 22.6 Å². The number of carbonyl (C=O) groups excluding carboxylic acids is 1. The van der Waals surface area contributed by atoms with Gasteiger partial charge in [0.15, 0.2) is 0 Å². The van der Waals surface area contributed by atoms with Gasteiger partial charge in [0.1, 0.15) is 5.78 Å². The number of hydrogen-bond acceptors (Lipinski definition) is 3. The second-order valence-electron chi connectivity index (χ2n) is 4.69. The number of Topliss-reactive ketones (excluding diaryl/α,β-unsaturated/α-hetero) is 1. The summed E-state index contributed by atoms with van der Waals surface area (Å²) in [6.45, 7) is 2.06. The molecule has 4 nitrogen and oxygen atoms in total. The molecule has 0 atom stereocenters. The van der Waals surface area contributed by atoms with Gasteiger partial charge in [0.25, 0.3) is 0 Å². The quantitative estimate of drug-likeness (QED) is 0.875. The van der Waals surface area contributed by atoms with Gasteiger partial charge in [-0.2, -0.15) is 0 Å². The number of carboxylic acids is 1. The molecule has 0 unspecified atom stereocenters. The van der Waals surface area contributed by atoms with Crippen molar-refractivity contribution in [3.8, 4) is 0 Å². The molecule has 1 aliphatic rings. The van der Waals surface area contributed by atoms with Crippen molar-refractivity contribution in [2.75, 3.05) is 13.1 Å². The van der Waals surface area contributed by atoms with E-state index >= 15 is 0 Å². The van der Waals surface area contributed by atoms with Crippen molar-refractivity contribution < 1.29 is 14.7 Å². The van der Waals surface area contributed by atoms with E-state index in [4.69, 9.17) is 5.11 Å². The summed E-state index contributed by atoms with van der Waals surface area (Å²) in [5.74, 6) is -0.547. The van der Waals surface area contributed by atoms with Crippen LogP contribution in [0.15, 0.2) is 24.3 Å². The molecule has 1 aromatic carbocycles. The molecule has 1 heterocycles. The molecule has 0 amide bonds. The first-order valence-electron chi connectivity index (χ1n) is 6.18. The first-order chi connectivity index (χ1) is 8.65. The van der Waals surface area contributed by atoms with E-state index in [1.807, 2.05) is 24.3 Å². The molecule has 0 bridgehead atoms. The van der Waals surface area contributed by atoms with Crippen LogP contribution >= 0.6 is 0 Å². The number of aliphatic carboxylic acids is 1. The molecule has 96 valence electrons. The smallest absolute Gasteiger partial charge is 0.307 e. The molecule has 18 heavy (non-hydrogen) atoms. The van der Waals surface area contributed by atoms with E-state index in [1.165, 1.54) is 0 Å². The molecule has 1 aliphatic heterocycles. The number of nitrogens with zero attached hydrogens (tertiary/aromatic N) is 1. The van der Waals surface area contributed by atoms with Gasteiger partial charge in [-0.3, -0.25) is 14.5 Å². The lowest BCUT2D eigenvalue weighted by Crippen LogP contribution is -2.35. The molecule has 0 aliphatic carbocycles. The first-order valence-corrected chi connectivity index (χ1v) is 6.18. The zero-order valence-corrected chi connectivity index (χ0v) is 10.3. The fourth-order valence-corrected chi connectivity index (χ4v) is 2.33. The number of ketones is 1. The van der Waals surface area contributed by atoms with Crippen molar-refractivity contribution in [1.82, 2.24) is 4.90 Å². The molecular formula is C14H17NO3. The molecule has 0 saturated carbocycles. The molecular weight excluding hydrogens is 230 g/mol. The normalized spacial score (nSPS) is 16.8. The monoisotopic (exact) mass is 247 g/mol. The van der Waals surface area contributed by atoms with Crippen LogP contribution in [0.25, 0.3) is 0 Å². The molecule has 0 radical (unpaired) electrons. The number of piperidine rings is 1. The van der Waals surface area contributed by atoms with E-state index in [1.54, 1.807) is 0 Å². The molecule has 1 aromatic rings. The van der Waals surface area contributed by atoms with Crippen LogP contribution in [0, 0.1) is 0 Å². The summed E-state index contributed by atoms with van der Waals surface area (Å²) >= 11 is 0. The molecule has 2 rings (SSSR count). The number of hydrogen-bond donors (Lipinski definition) is 1. The maximum absolute atomic E-state index is 11.4. The van der Waals surface area contributed by atoms with Gasteiger partial charge in [0.2, 0.25) is 0 Å². The number of rotatable bonds is 4. The highest BCUT2D eigenvalue weighted by atomic mass is 16.4. The zero-order valence-electron chi connectivity index (χ0n) is 10.3. The van der Waals surface area contributed by atoms with Gasteiger partial charge in [0, 0.05) is 13.0 Å². The Morgan fingerprint density at radius 2 is 2.00 bits per heavy atom. The van der Waals surface area contributed by atoms with Crippen LogP contribution in [-0.4, -0.2) is 34.8 Å². The number of carbonyl (C=O) groups is 2. The lowest BCUT2D eigenvalue weighted by molar-refractivity contribution is -0.136. The van der Waals surface area contributed by atoms with Crippen LogP contribution in [0.4, 0.5) is 0 Å². The van der Waals surface area contributed by atoms with E-state index in [0.717, 1.165) is 24.1 Å². The number of benzene rings is 1. The summed E-state index contributed by atoms with van der Waals surface area (Å²) in [6, 6.07) is 7.54. The topological polar surface area (TPSA) is 57.6 Å². The molecule has 1 saturated heterocycles. The highest BCUT2D eigenvalue weighted by Crippen LogP contribution is 2.15. The third-order valence-corrected chi connectivity index (χ3v) is 3.18. The van der Waals surface area contributed by atoms with E-state index in [0.29, 0.717) is 19.5 Å². The Labute approximate surface area is 106 Å². The van der Waals surface area contributed by atoms with Crippen LogP contribution in [0.1, 0.15) is 24.0 Å². The minimum atomic E-state index is -0.822. The second kappa shape index (κ2) is 5.78. The third kappa shape index (κ3) is 3.40. The molecule has 4 heteroatoms. The maximum Gasteiger partial charge on any atom is 0.307 e. The zero-order chi connectivity index (χ0) is 13.0. The van der Waals surface area contributed by atoms with E-state index in [9.17, 15) is 9.59 Å². The maximum atomic E-state index is 11.4. The number of likely N-dealkylation sites (tertiary alicyclic amines) is 1. The molecule has 0 aromatic heterocycles. The van der Waals surface area contributed by atoms with Gasteiger partial charge in [-0.1, -0.05) is 24.3 Å². The van der Waals surface area contributed by atoms with Crippen molar-refractivity contribution in [3.63, 3.8) is 0 Å². The average molecular weight is 247 g/mol. The van der Waals surface area contributed by atoms with E-state index in [2.05, 4.69) is 4.90 Å². The summed E-state index contributed by atoms with van der Waals surface area (Å²) in [6.07, 6.45) is 1.62. The Balaban J connectivity index is 2.08. The molecule has 1 fully saturated rings. The lowest BCUT2D eigenvalue weighted by atomic mass is 10.0. The minimum Gasteiger partial charge on any atom is -0.481 e. The van der Waals surface area contributed by atoms with Crippen LogP contribution in [0.5, 0.6) is 0 Å². The Kier molecular flexibility index (Phi) is 4.10. The fourth-order valence-electron chi connectivity index (χ4n) is 2.33. The van der Waals surface area contributed by atoms with Crippen molar-refractivity contribution in [3.05, 3.63) is 35.4 Å². The van der Waals surface area contributed by atoms with Crippen molar-refractivity contribution in [2.24, 2.45) is 0 Å². The third-order valence-electron chi connectivity index (χ3n) is 3.18. The Morgan fingerprint density at radius 3 is 2.67 bits per heavy atom. The van der Waals surface area contributed by atoms with Gasteiger partial charge < -0.3 is 5.11 Å². The Hall–Kier alpha value is -1.68. The van der Waals surface area contributed by atoms with Crippen molar-refractivity contribution in [2.45, 2.75) is 25.8 Å². The van der Waals surface area contributed by atoms with Gasteiger partial charge in [-0.15, -0.1) is 0 Å². The van der Waals surface area contributed by atoms with Crippen LogP contribution in [0.2, 0.25) is 0 Å². The summed E-state index contributed by atoms with van der Waals surface area (Å²) in [5, 5.41) is 8.87. The Bertz CT molecular complexity index is 456.